The van der Waals surface area contributed by atoms with Crippen LogP contribution in [0.4, 0.5) is 24.7 Å². The Kier molecular flexibility index (Phi) is 7.04. The molecule has 0 spiro atoms. The Morgan fingerprint density at radius 3 is 2.55 bits per heavy atom. The van der Waals surface area contributed by atoms with Gasteiger partial charge in [0.15, 0.2) is 6.61 Å². The number of pyridine rings is 1. The second-order valence-electron chi connectivity index (χ2n) is 7.23. The van der Waals surface area contributed by atoms with Gasteiger partial charge in [0.1, 0.15) is 5.82 Å². The highest BCUT2D eigenvalue weighted by Crippen LogP contribution is 2.30. The van der Waals surface area contributed by atoms with Crippen molar-refractivity contribution in [1.29, 1.82) is 0 Å². The maximum atomic E-state index is 12.7. The number of hydrogen-bond donors (Lipinski definition) is 1. The van der Waals surface area contributed by atoms with Crippen LogP contribution in [0.1, 0.15) is 24.0 Å². The van der Waals surface area contributed by atoms with Gasteiger partial charge in [-0.3, -0.25) is 9.59 Å². The summed E-state index contributed by atoms with van der Waals surface area (Å²) in [4.78, 5) is 30.1. The third-order valence-corrected chi connectivity index (χ3v) is 5.52. The minimum absolute atomic E-state index is 0.383. The van der Waals surface area contributed by atoms with Crippen LogP contribution in [0.5, 0.6) is 0 Å². The van der Waals surface area contributed by atoms with Crippen molar-refractivity contribution in [2.75, 3.05) is 29.9 Å². The van der Waals surface area contributed by atoms with Crippen LogP contribution in [0.25, 0.3) is 0 Å². The second kappa shape index (κ2) is 9.55. The zero-order valence-electron chi connectivity index (χ0n) is 16.7. The van der Waals surface area contributed by atoms with Crippen LogP contribution >= 0.6 is 11.6 Å². The maximum absolute atomic E-state index is 12.7. The third-order valence-electron chi connectivity index (χ3n) is 5.11. The Morgan fingerprint density at radius 1 is 1.23 bits per heavy atom. The predicted molar refractivity (Wildman–Crippen MR) is 110 cm³/mol. The first-order valence-electron chi connectivity index (χ1n) is 9.65. The van der Waals surface area contributed by atoms with E-state index in [4.69, 9.17) is 16.3 Å². The van der Waals surface area contributed by atoms with Crippen LogP contribution in [0.2, 0.25) is 5.02 Å². The molecular weight excluding hydrogens is 435 g/mol. The molecule has 1 aliphatic heterocycles. The first-order chi connectivity index (χ1) is 14.6. The number of piperidine rings is 1. The monoisotopic (exact) mass is 455 g/mol. The van der Waals surface area contributed by atoms with Crippen LogP contribution in [0.15, 0.2) is 36.5 Å². The van der Waals surface area contributed by atoms with Crippen LogP contribution in [-0.2, 0) is 20.5 Å². The van der Waals surface area contributed by atoms with Crippen LogP contribution in [-0.4, -0.2) is 36.6 Å². The van der Waals surface area contributed by atoms with Crippen LogP contribution < -0.4 is 10.2 Å². The van der Waals surface area contributed by atoms with E-state index in [1.807, 2.05) is 4.90 Å². The molecule has 10 heteroatoms. The van der Waals surface area contributed by atoms with Crippen molar-refractivity contribution >= 4 is 35.0 Å². The summed E-state index contributed by atoms with van der Waals surface area (Å²) in [6, 6.07) is 7.42. The standard InChI is InChI=1S/C21H21ClF3N3O3/c1-13-16(22)3-2-4-17(13)27-19(29)12-31-20(30)14-7-9-28(10-8-14)18-6-5-15(11-26-18)21(23,24)25/h2-6,11,14H,7-10,12H2,1H3,(H,27,29). The number of carbonyl (C=O) groups is 2. The zero-order valence-corrected chi connectivity index (χ0v) is 17.5. The van der Waals surface area contributed by atoms with E-state index < -0.39 is 30.2 Å². The fourth-order valence-electron chi connectivity index (χ4n) is 3.27. The lowest BCUT2D eigenvalue weighted by molar-refractivity contribution is -0.152. The molecule has 1 amide bonds. The number of rotatable bonds is 5. The minimum Gasteiger partial charge on any atom is -0.455 e. The van der Waals surface area contributed by atoms with Gasteiger partial charge in [-0.2, -0.15) is 13.2 Å². The van der Waals surface area contributed by atoms with Crippen LogP contribution in [0, 0.1) is 12.8 Å². The summed E-state index contributed by atoms with van der Waals surface area (Å²) in [6.45, 7) is 2.26. The number of ether oxygens (including phenoxy) is 1. The summed E-state index contributed by atoms with van der Waals surface area (Å²) in [6.07, 6.45) is -2.72. The van der Waals surface area contributed by atoms with Crippen molar-refractivity contribution in [3.05, 3.63) is 52.7 Å². The first kappa shape index (κ1) is 22.9. The fraction of sp³-hybridized carbons (Fsp3) is 0.381. The molecule has 6 nitrogen and oxygen atoms in total. The number of alkyl halides is 3. The van der Waals surface area contributed by atoms with E-state index in [1.54, 1.807) is 25.1 Å². The highest BCUT2D eigenvalue weighted by atomic mass is 35.5. The molecule has 0 bridgehead atoms. The molecular formula is C21H21ClF3N3O3. The SMILES string of the molecule is Cc1c(Cl)cccc1NC(=O)COC(=O)C1CCN(c2ccc(C(F)(F)F)cn2)CC1. The molecule has 3 rings (SSSR count). The Morgan fingerprint density at radius 2 is 1.94 bits per heavy atom. The molecule has 1 fully saturated rings. The topological polar surface area (TPSA) is 71.5 Å². The average molecular weight is 456 g/mol. The van der Waals surface area contributed by atoms with Gasteiger partial charge in [-0.25, -0.2) is 4.98 Å². The summed E-state index contributed by atoms with van der Waals surface area (Å²) in [5.74, 6) is -0.898. The smallest absolute Gasteiger partial charge is 0.417 e. The highest BCUT2D eigenvalue weighted by Gasteiger charge is 2.31. The number of hydrogen-bond acceptors (Lipinski definition) is 5. The van der Waals surface area contributed by atoms with Crippen molar-refractivity contribution in [3.63, 3.8) is 0 Å². The number of aromatic nitrogens is 1. The molecule has 2 heterocycles. The van der Waals surface area contributed by atoms with Gasteiger partial charge in [0.2, 0.25) is 0 Å². The summed E-state index contributed by atoms with van der Waals surface area (Å²) in [7, 11) is 0. The quantitative estimate of drug-likeness (QED) is 0.674. The Labute approximate surface area is 182 Å². The number of esters is 1. The van der Waals surface area contributed by atoms with E-state index >= 15 is 0 Å². The molecule has 1 aromatic heterocycles. The van der Waals surface area contributed by atoms with Gasteiger partial charge in [-0.05, 0) is 49.6 Å². The van der Waals surface area contributed by atoms with E-state index in [9.17, 15) is 22.8 Å². The van der Waals surface area contributed by atoms with E-state index in [-0.39, 0.29) is 5.92 Å². The van der Waals surface area contributed by atoms with Crippen molar-refractivity contribution in [2.24, 2.45) is 5.92 Å². The van der Waals surface area contributed by atoms with Gasteiger partial charge in [-0.15, -0.1) is 0 Å². The second-order valence-corrected chi connectivity index (χ2v) is 7.64. The Balaban J connectivity index is 1.46. The highest BCUT2D eigenvalue weighted by molar-refractivity contribution is 6.31. The molecule has 166 valence electrons. The molecule has 0 unspecified atom stereocenters. The van der Waals surface area contributed by atoms with Gasteiger partial charge in [0, 0.05) is 30.0 Å². The Bertz CT molecular complexity index is 943. The number of halogens is 4. The summed E-state index contributed by atoms with van der Waals surface area (Å²) >= 11 is 6.01. The summed E-state index contributed by atoms with van der Waals surface area (Å²) < 4.78 is 43.1. The van der Waals surface area contributed by atoms with Crippen molar-refractivity contribution in [1.82, 2.24) is 4.98 Å². The Hall–Kier alpha value is -2.81. The fourth-order valence-corrected chi connectivity index (χ4v) is 3.44. The molecule has 1 N–H and O–H groups in total. The van der Waals surface area contributed by atoms with Crippen LogP contribution in [0.3, 0.4) is 0 Å². The average Bonchev–Trinajstić information content (AvgIpc) is 2.75. The van der Waals surface area contributed by atoms with E-state index in [0.29, 0.717) is 48.0 Å². The van der Waals surface area contributed by atoms with Gasteiger partial charge >= 0.3 is 12.1 Å². The number of anilines is 2. The molecule has 0 saturated carbocycles. The van der Waals surface area contributed by atoms with Gasteiger partial charge in [0.05, 0.1) is 11.5 Å². The number of benzene rings is 1. The molecule has 2 aromatic rings. The van der Waals surface area contributed by atoms with Crippen molar-refractivity contribution < 1.29 is 27.5 Å². The first-order valence-corrected chi connectivity index (χ1v) is 10.0. The molecule has 0 atom stereocenters. The number of nitrogens with one attached hydrogen (secondary N) is 1. The molecule has 1 saturated heterocycles. The van der Waals surface area contributed by atoms with Crippen molar-refractivity contribution in [3.8, 4) is 0 Å². The summed E-state index contributed by atoms with van der Waals surface area (Å²) in [5.41, 5.74) is 0.458. The van der Waals surface area contributed by atoms with E-state index in [0.717, 1.165) is 12.3 Å². The normalized spacial score (nSPS) is 14.9. The van der Waals surface area contributed by atoms with E-state index in [2.05, 4.69) is 10.3 Å². The molecule has 31 heavy (non-hydrogen) atoms. The lowest BCUT2D eigenvalue weighted by atomic mass is 9.97. The predicted octanol–water partition coefficient (Wildman–Crippen LogP) is 4.46. The summed E-state index contributed by atoms with van der Waals surface area (Å²) in [5, 5.41) is 3.17. The number of nitrogens with zero attached hydrogens (tertiary/aromatic N) is 2. The molecule has 1 aromatic carbocycles. The van der Waals surface area contributed by atoms with Gasteiger partial charge in [-0.1, -0.05) is 17.7 Å². The van der Waals surface area contributed by atoms with E-state index in [1.165, 1.54) is 6.07 Å². The maximum Gasteiger partial charge on any atom is 0.417 e. The number of amides is 1. The largest absolute Gasteiger partial charge is 0.455 e. The number of carbonyl (C=O) groups excluding carboxylic acids is 2. The van der Waals surface area contributed by atoms with Gasteiger partial charge in [0.25, 0.3) is 5.91 Å². The zero-order chi connectivity index (χ0) is 22.6. The lowest BCUT2D eigenvalue weighted by Crippen LogP contribution is -2.38. The molecule has 0 radical (unpaired) electrons. The molecule has 1 aliphatic rings. The van der Waals surface area contributed by atoms with Crippen molar-refractivity contribution in [2.45, 2.75) is 25.9 Å². The molecule has 0 aliphatic carbocycles. The minimum atomic E-state index is -4.43. The van der Waals surface area contributed by atoms with Gasteiger partial charge < -0.3 is 15.0 Å². The lowest BCUT2D eigenvalue weighted by Gasteiger charge is -2.31. The third kappa shape index (κ3) is 5.88.